The number of thioether (sulfide) groups is 1. The van der Waals surface area contributed by atoms with Gasteiger partial charge >= 0.3 is 0 Å². The summed E-state index contributed by atoms with van der Waals surface area (Å²) in [6, 6.07) is 7.87. The van der Waals surface area contributed by atoms with Crippen molar-refractivity contribution in [1.29, 1.82) is 0 Å². The van der Waals surface area contributed by atoms with Crippen LogP contribution < -0.4 is 0 Å². The molecular formula is C16H23ClOS. The Bertz CT molecular complexity index is 396. The maximum absolute atomic E-state index is 10.4. The van der Waals surface area contributed by atoms with E-state index in [4.69, 9.17) is 11.6 Å². The van der Waals surface area contributed by atoms with Gasteiger partial charge in [0.05, 0.1) is 6.10 Å². The van der Waals surface area contributed by atoms with Crippen LogP contribution >= 0.6 is 23.4 Å². The summed E-state index contributed by atoms with van der Waals surface area (Å²) in [4.78, 5) is 1.15. The molecule has 1 fully saturated rings. The quantitative estimate of drug-likeness (QED) is 0.771. The minimum Gasteiger partial charge on any atom is -0.392 e. The van der Waals surface area contributed by atoms with E-state index in [1.165, 1.54) is 32.1 Å². The van der Waals surface area contributed by atoms with E-state index in [0.29, 0.717) is 5.92 Å². The summed E-state index contributed by atoms with van der Waals surface area (Å²) >= 11 is 7.68. The first kappa shape index (κ1) is 15.2. The van der Waals surface area contributed by atoms with Crippen LogP contribution in [0.1, 0.15) is 39.0 Å². The fraction of sp³-hybridized carbons (Fsp3) is 0.625. The molecule has 19 heavy (non-hydrogen) atoms. The second-order valence-electron chi connectivity index (χ2n) is 5.54. The van der Waals surface area contributed by atoms with Gasteiger partial charge in [-0.05, 0) is 42.9 Å². The largest absolute Gasteiger partial charge is 0.392 e. The van der Waals surface area contributed by atoms with E-state index in [1.54, 1.807) is 11.8 Å². The minimum absolute atomic E-state index is 0.182. The van der Waals surface area contributed by atoms with Crippen molar-refractivity contribution < 1.29 is 5.11 Å². The van der Waals surface area contributed by atoms with Crippen molar-refractivity contribution >= 4 is 23.4 Å². The van der Waals surface area contributed by atoms with Gasteiger partial charge in [0.25, 0.3) is 0 Å². The van der Waals surface area contributed by atoms with Gasteiger partial charge in [-0.2, -0.15) is 0 Å². The number of hydrogen-bond donors (Lipinski definition) is 1. The Labute approximate surface area is 125 Å². The van der Waals surface area contributed by atoms with Crippen LogP contribution in [-0.2, 0) is 0 Å². The van der Waals surface area contributed by atoms with E-state index in [1.807, 2.05) is 18.2 Å². The van der Waals surface area contributed by atoms with E-state index in [-0.39, 0.29) is 6.10 Å². The summed E-state index contributed by atoms with van der Waals surface area (Å²) in [6.45, 7) is 2.26. The molecule has 0 spiro atoms. The number of benzene rings is 1. The zero-order valence-electron chi connectivity index (χ0n) is 11.5. The Morgan fingerprint density at radius 2 is 2.26 bits per heavy atom. The molecule has 106 valence electrons. The minimum atomic E-state index is -0.182. The first-order valence-corrected chi connectivity index (χ1v) is 8.61. The Hall–Kier alpha value is -0.180. The number of aliphatic hydroxyl groups is 1. The van der Waals surface area contributed by atoms with Crippen LogP contribution in [-0.4, -0.2) is 17.0 Å². The molecule has 1 aromatic rings. The predicted molar refractivity (Wildman–Crippen MR) is 83.9 cm³/mol. The highest BCUT2D eigenvalue weighted by molar-refractivity contribution is 7.99. The molecule has 0 bridgehead atoms. The van der Waals surface area contributed by atoms with Gasteiger partial charge in [-0.1, -0.05) is 43.9 Å². The number of halogens is 1. The van der Waals surface area contributed by atoms with Crippen LogP contribution in [0.25, 0.3) is 0 Å². The molecule has 1 aliphatic rings. The SMILES string of the molecule is CCC1CCCC(C(O)CSc2cccc(Cl)c2)C1. The van der Waals surface area contributed by atoms with Crippen LogP contribution in [0.15, 0.2) is 29.2 Å². The van der Waals surface area contributed by atoms with Crippen LogP contribution in [0.4, 0.5) is 0 Å². The van der Waals surface area contributed by atoms with E-state index in [2.05, 4.69) is 13.0 Å². The van der Waals surface area contributed by atoms with Gasteiger partial charge in [0, 0.05) is 15.7 Å². The van der Waals surface area contributed by atoms with Gasteiger partial charge in [-0.3, -0.25) is 0 Å². The zero-order valence-corrected chi connectivity index (χ0v) is 13.1. The summed E-state index contributed by atoms with van der Waals surface area (Å²) in [5.74, 6) is 2.09. The summed E-state index contributed by atoms with van der Waals surface area (Å²) in [7, 11) is 0. The molecular weight excluding hydrogens is 276 g/mol. The van der Waals surface area contributed by atoms with E-state index in [9.17, 15) is 5.11 Å². The second-order valence-corrected chi connectivity index (χ2v) is 7.07. The molecule has 1 saturated carbocycles. The number of rotatable bonds is 5. The third-order valence-corrected chi connectivity index (χ3v) is 5.49. The average molecular weight is 299 g/mol. The molecule has 0 radical (unpaired) electrons. The monoisotopic (exact) mass is 298 g/mol. The average Bonchev–Trinajstić information content (AvgIpc) is 2.45. The lowest BCUT2D eigenvalue weighted by atomic mass is 9.78. The van der Waals surface area contributed by atoms with Crippen molar-refractivity contribution in [3.8, 4) is 0 Å². The Morgan fingerprint density at radius 3 is 3.00 bits per heavy atom. The molecule has 0 saturated heterocycles. The smallest absolute Gasteiger partial charge is 0.0662 e. The van der Waals surface area contributed by atoms with Crippen molar-refractivity contribution in [2.45, 2.75) is 50.0 Å². The fourth-order valence-electron chi connectivity index (χ4n) is 2.93. The van der Waals surface area contributed by atoms with E-state index in [0.717, 1.165) is 21.6 Å². The Balaban J connectivity index is 1.82. The number of hydrogen-bond acceptors (Lipinski definition) is 2. The van der Waals surface area contributed by atoms with Gasteiger partial charge in [0.15, 0.2) is 0 Å². The lowest BCUT2D eigenvalue weighted by molar-refractivity contribution is 0.0862. The van der Waals surface area contributed by atoms with Crippen LogP contribution in [0.5, 0.6) is 0 Å². The van der Waals surface area contributed by atoms with E-state index < -0.39 is 0 Å². The fourth-order valence-corrected chi connectivity index (χ4v) is 4.20. The van der Waals surface area contributed by atoms with Crippen molar-refractivity contribution in [1.82, 2.24) is 0 Å². The highest BCUT2D eigenvalue weighted by Crippen LogP contribution is 2.34. The summed E-state index contributed by atoms with van der Waals surface area (Å²) in [6.07, 6.45) is 6.09. The normalized spacial score (nSPS) is 25.2. The lowest BCUT2D eigenvalue weighted by Gasteiger charge is -2.31. The molecule has 1 nitrogen and oxygen atoms in total. The summed E-state index contributed by atoms with van der Waals surface area (Å²) in [5, 5.41) is 11.1. The molecule has 1 aliphatic carbocycles. The Kier molecular flexibility index (Phi) is 6.06. The molecule has 0 amide bonds. The van der Waals surface area contributed by atoms with Crippen LogP contribution in [0, 0.1) is 11.8 Å². The van der Waals surface area contributed by atoms with Crippen LogP contribution in [0.2, 0.25) is 5.02 Å². The van der Waals surface area contributed by atoms with Gasteiger partial charge in [-0.25, -0.2) is 0 Å². The van der Waals surface area contributed by atoms with Gasteiger partial charge in [-0.15, -0.1) is 11.8 Å². The molecule has 2 rings (SSSR count). The molecule has 0 aliphatic heterocycles. The third kappa shape index (κ3) is 4.70. The van der Waals surface area contributed by atoms with Crippen molar-refractivity contribution in [2.24, 2.45) is 11.8 Å². The first-order chi connectivity index (χ1) is 9.19. The zero-order chi connectivity index (χ0) is 13.7. The molecule has 1 aromatic carbocycles. The highest BCUT2D eigenvalue weighted by Gasteiger charge is 2.26. The van der Waals surface area contributed by atoms with Crippen molar-refractivity contribution in [2.75, 3.05) is 5.75 Å². The molecule has 3 heteroatoms. The maximum Gasteiger partial charge on any atom is 0.0662 e. The standard InChI is InChI=1S/C16H23ClOS/c1-2-12-5-3-6-13(9-12)16(18)11-19-15-8-4-7-14(17)10-15/h4,7-8,10,12-13,16,18H,2-3,5-6,9,11H2,1H3. The molecule has 1 N–H and O–H groups in total. The topological polar surface area (TPSA) is 20.2 Å². The summed E-state index contributed by atoms with van der Waals surface area (Å²) in [5.41, 5.74) is 0. The maximum atomic E-state index is 10.4. The highest BCUT2D eigenvalue weighted by atomic mass is 35.5. The molecule has 3 unspecified atom stereocenters. The number of aliphatic hydroxyl groups excluding tert-OH is 1. The van der Waals surface area contributed by atoms with Crippen LogP contribution in [0.3, 0.4) is 0 Å². The molecule has 0 heterocycles. The molecule has 3 atom stereocenters. The van der Waals surface area contributed by atoms with E-state index >= 15 is 0 Å². The van der Waals surface area contributed by atoms with Gasteiger partial charge in [0.2, 0.25) is 0 Å². The lowest BCUT2D eigenvalue weighted by Crippen LogP contribution is -2.28. The first-order valence-electron chi connectivity index (χ1n) is 7.25. The molecule has 0 aromatic heterocycles. The van der Waals surface area contributed by atoms with Gasteiger partial charge < -0.3 is 5.11 Å². The predicted octanol–water partition coefficient (Wildman–Crippen LogP) is 5.01. The third-order valence-electron chi connectivity index (χ3n) is 4.16. The summed E-state index contributed by atoms with van der Waals surface area (Å²) < 4.78 is 0. The second kappa shape index (κ2) is 7.56. The van der Waals surface area contributed by atoms with Crippen molar-refractivity contribution in [3.05, 3.63) is 29.3 Å². The Morgan fingerprint density at radius 1 is 1.42 bits per heavy atom. The van der Waals surface area contributed by atoms with Crippen molar-refractivity contribution in [3.63, 3.8) is 0 Å². The van der Waals surface area contributed by atoms with Gasteiger partial charge in [0.1, 0.15) is 0 Å².